The van der Waals surface area contributed by atoms with Gasteiger partial charge in [-0.2, -0.15) is 5.48 Å². The zero-order chi connectivity index (χ0) is 19.0. The van der Waals surface area contributed by atoms with Gasteiger partial charge >= 0.3 is 68.9 Å². The minimum Gasteiger partial charge on any atom is -0.756 e. The van der Waals surface area contributed by atoms with Crippen molar-refractivity contribution in [3.8, 4) is 5.75 Å². The normalized spacial score (nSPS) is 11.7. The minimum atomic E-state index is -4.89. The number of fused-ring (bicyclic) bond motifs is 1. The van der Waals surface area contributed by atoms with E-state index in [1.165, 1.54) is 10.9 Å². The van der Waals surface area contributed by atoms with Gasteiger partial charge in [0.05, 0.1) is 0 Å². The van der Waals surface area contributed by atoms with Crippen molar-refractivity contribution in [3.05, 3.63) is 78.4 Å². The molecule has 0 saturated heterocycles. The summed E-state index contributed by atoms with van der Waals surface area (Å²) in [6.07, 6.45) is 0.936. The van der Waals surface area contributed by atoms with Crippen LogP contribution in [0, 0.1) is 0 Å². The fourth-order valence-corrected chi connectivity index (χ4v) is 2.46. The molecule has 0 heterocycles. The van der Waals surface area contributed by atoms with E-state index in [0.29, 0.717) is 0 Å². The van der Waals surface area contributed by atoms with Gasteiger partial charge in [-0.3, -0.25) is 4.57 Å². The van der Waals surface area contributed by atoms with E-state index in [1.807, 2.05) is 30.3 Å². The first-order valence-electron chi connectivity index (χ1n) is 8.03. The van der Waals surface area contributed by atoms with Crippen LogP contribution in [0.1, 0.15) is 12.5 Å². The van der Waals surface area contributed by atoms with Crippen LogP contribution < -0.4 is 84.1 Å². The number of hydrogen-bond acceptors (Lipinski definition) is 4. The molecule has 0 aliphatic heterocycles. The standard InChI is InChI=1S/C19H19NO.Cs.H3O4P/c1-15(14-16-8-3-2-4-9-16)20-21-19-13-7-11-17-10-5-6-12-18(17)19;;1-5(2,3)4/h2-13,15,20H,14H2,1H3;;(H3,1,2,3,4)/q;+1;/p-1. The van der Waals surface area contributed by atoms with Crippen molar-refractivity contribution < 1.29 is 93.0 Å². The third-order valence-corrected chi connectivity index (χ3v) is 3.50. The molecule has 0 radical (unpaired) electrons. The monoisotopic (exact) mass is 507 g/mol. The van der Waals surface area contributed by atoms with Crippen molar-refractivity contribution in [3.63, 3.8) is 0 Å². The van der Waals surface area contributed by atoms with Crippen LogP contribution >= 0.6 is 7.82 Å². The van der Waals surface area contributed by atoms with E-state index in [-0.39, 0.29) is 74.9 Å². The van der Waals surface area contributed by atoms with Crippen LogP contribution in [0.3, 0.4) is 0 Å². The Morgan fingerprint density at radius 1 is 1.00 bits per heavy atom. The Balaban J connectivity index is 0.000000542. The second-order valence-electron chi connectivity index (χ2n) is 5.78. The summed E-state index contributed by atoms with van der Waals surface area (Å²) in [5.74, 6) is 0.869. The van der Waals surface area contributed by atoms with E-state index in [1.54, 1.807) is 0 Å². The summed E-state index contributed by atoms with van der Waals surface area (Å²) in [4.78, 5) is 28.7. The summed E-state index contributed by atoms with van der Waals surface area (Å²) in [5, 5.41) is 2.31. The number of benzene rings is 3. The third-order valence-electron chi connectivity index (χ3n) is 3.50. The van der Waals surface area contributed by atoms with Crippen LogP contribution in [0.15, 0.2) is 72.8 Å². The molecule has 3 aromatic rings. The molecule has 138 valence electrons. The first-order chi connectivity index (χ1) is 12.3. The van der Waals surface area contributed by atoms with Crippen molar-refractivity contribution in [2.45, 2.75) is 19.4 Å². The molecule has 0 fully saturated rings. The minimum absolute atomic E-state index is 0. The summed E-state index contributed by atoms with van der Waals surface area (Å²) in [7, 11) is -4.89. The molecule has 0 bridgehead atoms. The van der Waals surface area contributed by atoms with Crippen LogP contribution in [0.2, 0.25) is 0 Å². The molecule has 1 unspecified atom stereocenters. The molecular formula is C19H21CsNO5P. The molecule has 3 N–H and O–H groups in total. The van der Waals surface area contributed by atoms with E-state index in [9.17, 15) is 0 Å². The van der Waals surface area contributed by atoms with Crippen molar-refractivity contribution in [1.29, 1.82) is 0 Å². The Labute approximate surface area is 217 Å². The van der Waals surface area contributed by atoms with Crippen LogP contribution in [0.5, 0.6) is 5.75 Å². The molecule has 3 rings (SSSR count). The third kappa shape index (κ3) is 10.3. The van der Waals surface area contributed by atoms with E-state index >= 15 is 0 Å². The van der Waals surface area contributed by atoms with Gasteiger partial charge in [-0.25, -0.2) is 0 Å². The molecule has 0 saturated carbocycles. The van der Waals surface area contributed by atoms with E-state index in [0.717, 1.165) is 17.6 Å². The van der Waals surface area contributed by atoms with Crippen molar-refractivity contribution >= 4 is 18.6 Å². The van der Waals surface area contributed by atoms with Crippen LogP contribution in [0.4, 0.5) is 0 Å². The van der Waals surface area contributed by atoms with Gasteiger partial charge in [0.15, 0.2) is 5.75 Å². The molecule has 0 aromatic heterocycles. The Morgan fingerprint density at radius 2 is 1.56 bits per heavy atom. The van der Waals surface area contributed by atoms with Gasteiger partial charge in [0.1, 0.15) is 0 Å². The zero-order valence-electron chi connectivity index (χ0n) is 15.3. The first kappa shape index (κ1) is 24.9. The van der Waals surface area contributed by atoms with Gasteiger partial charge in [-0.1, -0.05) is 66.7 Å². The SMILES string of the molecule is CC(Cc1ccccc1)NOc1cccc2ccccc12.O=P([O-])(O)O.[Cs+]. The maximum Gasteiger partial charge on any atom is 1.00 e. The fourth-order valence-electron chi connectivity index (χ4n) is 2.46. The van der Waals surface area contributed by atoms with Crippen LogP contribution in [0.25, 0.3) is 10.8 Å². The molecule has 0 aliphatic rings. The van der Waals surface area contributed by atoms with Gasteiger partial charge in [-0.05, 0) is 30.4 Å². The Hall–Kier alpha value is -0.158. The largest absolute Gasteiger partial charge is 1.00 e. The first-order valence-corrected chi connectivity index (χ1v) is 9.56. The fraction of sp³-hybridized carbons (Fsp3) is 0.158. The summed E-state index contributed by atoms with van der Waals surface area (Å²) in [6, 6.07) is 25.0. The molecule has 1 atom stereocenters. The second-order valence-corrected chi connectivity index (χ2v) is 6.76. The van der Waals surface area contributed by atoms with E-state index in [4.69, 9.17) is 24.1 Å². The Morgan fingerprint density at radius 3 is 2.22 bits per heavy atom. The van der Waals surface area contributed by atoms with Gasteiger partial charge in [0.25, 0.3) is 7.82 Å². The van der Waals surface area contributed by atoms with Crippen LogP contribution in [-0.2, 0) is 11.0 Å². The maximum atomic E-state index is 8.77. The topological polar surface area (TPSA) is 102 Å². The zero-order valence-corrected chi connectivity index (χ0v) is 22.5. The average Bonchev–Trinajstić information content (AvgIpc) is 2.59. The number of phosphoric acid groups is 1. The van der Waals surface area contributed by atoms with E-state index in [2.05, 4.69) is 54.9 Å². The molecule has 0 aliphatic carbocycles. The number of nitrogens with one attached hydrogen (secondary N) is 1. The molecule has 8 heteroatoms. The van der Waals surface area contributed by atoms with E-state index < -0.39 is 7.82 Å². The predicted molar refractivity (Wildman–Crippen MR) is 99.4 cm³/mol. The smallest absolute Gasteiger partial charge is 0.756 e. The molecule has 27 heavy (non-hydrogen) atoms. The molecule has 0 amide bonds. The summed E-state index contributed by atoms with van der Waals surface area (Å²) in [6.45, 7) is 2.12. The molecule has 3 aromatic carbocycles. The van der Waals surface area contributed by atoms with Crippen molar-refractivity contribution in [2.24, 2.45) is 0 Å². The van der Waals surface area contributed by atoms with Gasteiger partial charge in [0.2, 0.25) is 0 Å². The van der Waals surface area contributed by atoms with Gasteiger partial charge in [-0.15, -0.1) is 0 Å². The summed E-state index contributed by atoms with van der Waals surface area (Å²) in [5.41, 5.74) is 4.44. The summed E-state index contributed by atoms with van der Waals surface area (Å²) >= 11 is 0. The number of hydroxylamine groups is 1. The van der Waals surface area contributed by atoms with Crippen molar-refractivity contribution in [2.75, 3.05) is 0 Å². The Bertz CT molecular complexity index is 859. The van der Waals surface area contributed by atoms with Crippen LogP contribution in [-0.4, -0.2) is 15.8 Å². The van der Waals surface area contributed by atoms with Gasteiger partial charge < -0.3 is 19.5 Å². The quantitative estimate of drug-likeness (QED) is 0.327. The molecule has 6 nitrogen and oxygen atoms in total. The average molecular weight is 507 g/mol. The summed E-state index contributed by atoms with van der Waals surface area (Å²) < 4.78 is 8.77. The second kappa shape index (κ2) is 12.4. The predicted octanol–water partition coefficient (Wildman–Crippen LogP) is -0.202. The molecule has 0 spiro atoms. The van der Waals surface area contributed by atoms with Gasteiger partial charge in [0, 0.05) is 11.4 Å². The number of rotatable bonds is 5. The van der Waals surface area contributed by atoms with Crippen molar-refractivity contribution in [1.82, 2.24) is 5.48 Å². The number of hydrogen-bond donors (Lipinski definition) is 3. The maximum absolute atomic E-state index is 8.77. The molecular weight excluding hydrogens is 486 g/mol. The Kier molecular flexibility index (Phi) is 11.4.